The van der Waals surface area contributed by atoms with E-state index in [1.165, 1.54) is 116 Å². The molecule has 2 atom stereocenters. The summed E-state index contributed by atoms with van der Waals surface area (Å²) in [7, 11) is 0. The van der Waals surface area contributed by atoms with Gasteiger partial charge in [0, 0.05) is 36.0 Å². The van der Waals surface area contributed by atoms with Crippen LogP contribution in [0.15, 0.2) is 0 Å². The van der Waals surface area contributed by atoms with Crippen molar-refractivity contribution in [2.45, 2.75) is 206 Å². The molecule has 0 heterocycles. The second kappa shape index (κ2) is 29.8. The van der Waals surface area contributed by atoms with E-state index in [-0.39, 0.29) is 23.1 Å². The lowest BCUT2D eigenvalue weighted by atomic mass is 9.89. The maximum Gasteiger partial charge on any atom is 0.244 e. The third kappa shape index (κ3) is 23.2. The summed E-state index contributed by atoms with van der Waals surface area (Å²) in [5, 5.41) is 40.5. The molecule has 0 saturated heterocycles. The third-order valence-corrected chi connectivity index (χ3v) is 8.74. The predicted molar refractivity (Wildman–Crippen MR) is 176 cm³/mol. The van der Waals surface area contributed by atoms with E-state index in [1.54, 1.807) is 0 Å². The van der Waals surface area contributed by atoms with Crippen molar-refractivity contribution in [1.82, 2.24) is 0 Å². The molecule has 0 aromatic carbocycles. The number of nitro groups is 2. The smallest absolute Gasteiger partial charge is 0.244 e. The number of rotatable bonds is 30. The van der Waals surface area contributed by atoms with Crippen molar-refractivity contribution < 1.29 is 20.1 Å². The molecule has 0 radical (unpaired) electrons. The average molecular weight is 603 g/mol. The van der Waals surface area contributed by atoms with Gasteiger partial charge in [-0.3, -0.25) is 20.2 Å². The first-order valence-electron chi connectivity index (χ1n) is 17.7. The quantitative estimate of drug-likeness (QED) is 0.0478. The number of aliphatic hydroxyl groups excluding tert-OH is 2. The summed E-state index contributed by atoms with van der Waals surface area (Å²) in [5.74, 6) is 0. The van der Waals surface area contributed by atoms with Crippen LogP contribution < -0.4 is 0 Å². The van der Waals surface area contributed by atoms with Crippen LogP contribution in [0.3, 0.4) is 0 Å². The molecule has 42 heavy (non-hydrogen) atoms. The summed E-state index contributed by atoms with van der Waals surface area (Å²) < 4.78 is 0. The molecule has 8 nitrogen and oxygen atoms in total. The van der Waals surface area contributed by atoms with E-state index in [2.05, 4.69) is 13.8 Å². The van der Waals surface area contributed by atoms with Gasteiger partial charge in [-0.25, -0.2) is 0 Å². The van der Waals surface area contributed by atoms with Crippen LogP contribution in [0.4, 0.5) is 0 Å². The Morgan fingerprint density at radius 2 is 0.786 bits per heavy atom. The summed E-state index contributed by atoms with van der Waals surface area (Å²) in [6.45, 7) is 7.25. The number of nitrogens with zero attached hydrogens (tertiary/aromatic N) is 2. The van der Waals surface area contributed by atoms with Crippen LogP contribution in [0.1, 0.15) is 195 Å². The van der Waals surface area contributed by atoms with Gasteiger partial charge in [0.15, 0.2) is 0 Å². The van der Waals surface area contributed by atoms with Crippen molar-refractivity contribution >= 4 is 0 Å². The first-order chi connectivity index (χ1) is 20.2. The van der Waals surface area contributed by atoms with E-state index < -0.39 is 11.1 Å². The molecule has 0 amide bonds. The summed E-state index contributed by atoms with van der Waals surface area (Å²) in [5.41, 5.74) is -2.23. The monoisotopic (exact) mass is 603 g/mol. The molecule has 0 saturated carbocycles. The highest BCUT2D eigenvalue weighted by atomic mass is 16.6. The van der Waals surface area contributed by atoms with E-state index in [0.29, 0.717) is 19.3 Å². The maximum atomic E-state index is 11.2. The first kappa shape index (κ1) is 42.9. The minimum atomic E-state index is -1.14. The minimum Gasteiger partial charge on any atom is -0.389 e. The summed E-state index contributed by atoms with van der Waals surface area (Å²) >= 11 is 0. The minimum absolute atomic E-state index is 0.255. The van der Waals surface area contributed by atoms with Crippen molar-refractivity contribution in [3.63, 3.8) is 0 Å². The van der Waals surface area contributed by atoms with Crippen LogP contribution in [0.2, 0.25) is 0 Å². The molecule has 0 fully saturated rings. The predicted octanol–water partition coefficient (Wildman–Crippen LogP) is 10.2. The SMILES string of the molecule is CCCCCCCCCCCCC(C)(CO)[N+](=O)[O-].CCCCCCCCCCCCCCC(CO)(CCC)[N+](=O)[O-]. The zero-order chi connectivity index (χ0) is 32.0. The van der Waals surface area contributed by atoms with Crippen molar-refractivity contribution in [2.75, 3.05) is 13.2 Å². The van der Waals surface area contributed by atoms with Gasteiger partial charge in [0.05, 0.1) is 0 Å². The van der Waals surface area contributed by atoms with Crippen molar-refractivity contribution in [1.29, 1.82) is 0 Å². The van der Waals surface area contributed by atoms with E-state index in [0.717, 1.165) is 38.5 Å². The van der Waals surface area contributed by atoms with Crippen LogP contribution in [-0.4, -0.2) is 44.4 Å². The Kier molecular flexibility index (Phi) is 30.4. The van der Waals surface area contributed by atoms with Gasteiger partial charge in [0.1, 0.15) is 13.2 Å². The number of aliphatic hydroxyl groups is 2. The summed E-state index contributed by atoms with van der Waals surface area (Å²) in [6, 6.07) is 0. The Balaban J connectivity index is 0. The molecule has 2 unspecified atom stereocenters. The molecule has 0 aliphatic rings. The highest BCUT2D eigenvalue weighted by Gasteiger charge is 2.40. The van der Waals surface area contributed by atoms with E-state index in [9.17, 15) is 25.3 Å². The highest BCUT2D eigenvalue weighted by Crippen LogP contribution is 2.25. The summed E-state index contributed by atoms with van der Waals surface area (Å²) in [6.07, 6.45) is 29.6. The number of unbranched alkanes of at least 4 members (excludes halogenated alkanes) is 20. The van der Waals surface area contributed by atoms with Crippen LogP contribution in [0, 0.1) is 20.2 Å². The largest absolute Gasteiger partial charge is 0.389 e. The second-order valence-corrected chi connectivity index (χ2v) is 12.9. The Morgan fingerprint density at radius 3 is 1.05 bits per heavy atom. The van der Waals surface area contributed by atoms with Crippen LogP contribution >= 0.6 is 0 Å². The molecular weight excluding hydrogens is 532 g/mol. The van der Waals surface area contributed by atoms with Crippen molar-refractivity contribution in [3.05, 3.63) is 20.2 Å². The van der Waals surface area contributed by atoms with E-state index in [1.807, 2.05) is 6.92 Å². The fourth-order valence-electron chi connectivity index (χ4n) is 5.51. The molecule has 8 heteroatoms. The zero-order valence-electron chi connectivity index (χ0n) is 28.2. The number of hydrogen-bond acceptors (Lipinski definition) is 6. The molecule has 0 spiro atoms. The van der Waals surface area contributed by atoms with Crippen LogP contribution in [0.25, 0.3) is 0 Å². The standard InChI is InChI=1S/C19H39NO3.C15H31NO3/c1-3-5-6-7-8-9-10-11-12-13-14-15-17-19(18-21,16-4-2)20(22)23;1-3-4-5-6-7-8-9-10-11-12-13-15(2,14-17)16(18)19/h21H,3-18H2,1-2H3;17H,3-14H2,1-2H3. The number of hydrogen-bond donors (Lipinski definition) is 2. The van der Waals surface area contributed by atoms with Gasteiger partial charge >= 0.3 is 0 Å². The second-order valence-electron chi connectivity index (χ2n) is 12.9. The maximum absolute atomic E-state index is 11.2. The first-order valence-corrected chi connectivity index (χ1v) is 17.7. The van der Waals surface area contributed by atoms with E-state index in [4.69, 9.17) is 5.11 Å². The van der Waals surface area contributed by atoms with Gasteiger partial charge in [0.2, 0.25) is 11.1 Å². The van der Waals surface area contributed by atoms with Gasteiger partial charge < -0.3 is 10.2 Å². The van der Waals surface area contributed by atoms with Gasteiger partial charge in [0.25, 0.3) is 0 Å². The molecule has 0 aromatic heterocycles. The Bertz CT molecular complexity index is 621. The Morgan fingerprint density at radius 1 is 0.452 bits per heavy atom. The lowest BCUT2D eigenvalue weighted by Gasteiger charge is -2.22. The fourth-order valence-corrected chi connectivity index (χ4v) is 5.51. The van der Waals surface area contributed by atoms with Gasteiger partial charge in [-0.05, 0) is 19.3 Å². The van der Waals surface area contributed by atoms with Crippen molar-refractivity contribution in [3.8, 4) is 0 Å². The van der Waals surface area contributed by atoms with E-state index >= 15 is 0 Å². The van der Waals surface area contributed by atoms with Crippen LogP contribution in [-0.2, 0) is 0 Å². The van der Waals surface area contributed by atoms with Gasteiger partial charge in [-0.1, -0.05) is 149 Å². The fraction of sp³-hybridized carbons (Fsp3) is 1.00. The molecule has 0 aliphatic heterocycles. The molecule has 0 aliphatic carbocycles. The Labute approximate surface area is 259 Å². The van der Waals surface area contributed by atoms with Crippen molar-refractivity contribution in [2.24, 2.45) is 0 Å². The molecule has 252 valence electrons. The lowest BCUT2D eigenvalue weighted by Crippen LogP contribution is -2.42. The average Bonchev–Trinajstić information content (AvgIpc) is 2.98. The molecular formula is C34H70N2O6. The normalized spacial score (nSPS) is 14.0. The summed E-state index contributed by atoms with van der Waals surface area (Å²) in [4.78, 5) is 21.4. The molecule has 0 bridgehead atoms. The zero-order valence-corrected chi connectivity index (χ0v) is 28.2. The van der Waals surface area contributed by atoms with Crippen LogP contribution in [0.5, 0.6) is 0 Å². The molecule has 0 rings (SSSR count). The Hall–Kier alpha value is -1.28. The molecule has 0 aromatic rings. The third-order valence-electron chi connectivity index (χ3n) is 8.74. The lowest BCUT2D eigenvalue weighted by molar-refractivity contribution is -0.576. The molecule has 2 N–H and O–H groups in total. The van der Waals surface area contributed by atoms with Gasteiger partial charge in [-0.15, -0.1) is 0 Å². The topological polar surface area (TPSA) is 127 Å². The van der Waals surface area contributed by atoms with Gasteiger partial charge in [-0.2, -0.15) is 0 Å². The highest BCUT2D eigenvalue weighted by molar-refractivity contribution is 4.78.